The summed E-state index contributed by atoms with van der Waals surface area (Å²) in [5.41, 5.74) is 6.46. The van der Waals surface area contributed by atoms with Crippen molar-refractivity contribution in [3.63, 3.8) is 0 Å². The highest BCUT2D eigenvalue weighted by Gasteiger charge is 2.16. The quantitative estimate of drug-likeness (QED) is 0.822. The number of rotatable bonds is 3. The Morgan fingerprint density at radius 3 is 2.93 bits per heavy atom. The third-order valence-electron chi connectivity index (χ3n) is 2.87. The lowest BCUT2D eigenvalue weighted by atomic mass is 10.1. The van der Waals surface area contributed by atoms with Crippen molar-refractivity contribution >= 4 is 5.95 Å². The number of hydrogen-bond donors (Lipinski definition) is 1. The van der Waals surface area contributed by atoms with Gasteiger partial charge in [-0.15, -0.1) is 0 Å². The van der Waals surface area contributed by atoms with Gasteiger partial charge in [0.25, 0.3) is 0 Å². The number of hydrogen-bond acceptors (Lipinski definition) is 4. The van der Waals surface area contributed by atoms with Crippen LogP contribution in [0.3, 0.4) is 0 Å². The smallest absolute Gasteiger partial charge is 0.223 e. The molecular formula is C11H17N3O. The second kappa shape index (κ2) is 4.47. The first-order chi connectivity index (χ1) is 7.25. The molecule has 0 aliphatic heterocycles. The van der Waals surface area contributed by atoms with E-state index in [2.05, 4.69) is 9.97 Å². The Labute approximate surface area is 89.9 Å². The van der Waals surface area contributed by atoms with Gasteiger partial charge in [0.1, 0.15) is 0 Å². The maximum Gasteiger partial charge on any atom is 0.223 e. The van der Waals surface area contributed by atoms with E-state index in [0.29, 0.717) is 11.8 Å². The number of nitrogen functional groups attached to an aromatic ring is 1. The van der Waals surface area contributed by atoms with Crippen molar-refractivity contribution in [1.29, 1.82) is 0 Å². The Morgan fingerprint density at radius 1 is 1.47 bits per heavy atom. The lowest BCUT2D eigenvalue weighted by Gasteiger charge is -2.11. The molecule has 0 bridgehead atoms. The van der Waals surface area contributed by atoms with Crippen molar-refractivity contribution in [2.75, 3.05) is 12.3 Å². The van der Waals surface area contributed by atoms with Crippen molar-refractivity contribution in [2.24, 2.45) is 5.92 Å². The van der Waals surface area contributed by atoms with Gasteiger partial charge in [0.15, 0.2) is 0 Å². The summed E-state index contributed by atoms with van der Waals surface area (Å²) >= 11 is 0. The molecule has 2 rings (SSSR count). The molecule has 2 N–H and O–H groups in total. The summed E-state index contributed by atoms with van der Waals surface area (Å²) in [5, 5.41) is 0. The predicted octanol–water partition coefficient (Wildman–Crippen LogP) is 1.94. The largest absolute Gasteiger partial charge is 0.477 e. The second-order valence-electron chi connectivity index (χ2n) is 4.18. The first-order valence-corrected chi connectivity index (χ1v) is 5.47. The zero-order chi connectivity index (χ0) is 10.7. The Bertz CT molecular complexity index is 335. The lowest BCUT2D eigenvalue weighted by Crippen LogP contribution is -2.10. The molecule has 1 fully saturated rings. The summed E-state index contributed by atoms with van der Waals surface area (Å²) in [6, 6.07) is 0. The minimum absolute atomic E-state index is 0.280. The first-order valence-electron chi connectivity index (χ1n) is 5.47. The molecule has 4 heteroatoms. The van der Waals surface area contributed by atoms with Crippen LogP contribution in [0, 0.1) is 12.8 Å². The topological polar surface area (TPSA) is 61.0 Å². The standard InChI is InChI=1S/C11H17N3O/c1-8-6-13-11(12)14-10(8)15-7-9-4-2-3-5-9/h6,9H,2-5,7H2,1H3,(H2,12,13,14). The summed E-state index contributed by atoms with van der Waals surface area (Å²) in [5.74, 6) is 1.61. The van der Waals surface area contributed by atoms with E-state index in [0.717, 1.165) is 12.2 Å². The van der Waals surface area contributed by atoms with Gasteiger partial charge in [-0.05, 0) is 25.7 Å². The molecule has 1 aliphatic carbocycles. The molecule has 0 aromatic carbocycles. The average Bonchev–Trinajstić information content (AvgIpc) is 2.72. The molecule has 0 amide bonds. The second-order valence-corrected chi connectivity index (χ2v) is 4.18. The van der Waals surface area contributed by atoms with Crippen LogP contribution in [0.15, 0.2) is 6.20 Å². The van der Waals surface area contributed by atoms with Gasteiger partial charge < -0.3 is 10.5 Å². The third kappa shape index (κ3) is 2.58. The normalized spacial score (nSPS) is 16.9. The molecule has 0 saturated heterocycles. The summed E-state index contributed by atoms with van der Waals surface area (Å²) in [6.45, 7) is 2.70. The average molecular weight is 207 g/mol. The molecule has 4 nitrogen and oxygen atoms in total. The maximum atomic E-state index is 5.67. The van der Waals surface area contributed by atoms with Gasteiger partial charge in [0, 0.05) is 11.8 Å². The fourth-order valence-corrected chi connectivity index (χ4v) is 1.96. The molecule has 82 valence electrons. The Kier molecular flexibility index (Phi) is 3.04. The van der Waals surface area contributed by atoms with Crippen LogP contribution in [-0.2, 0) is 0 Å². The van der Waals surface area contributed by atoms with Crippen LogP contribution in [0.1, 0.15) is 31.2 Å². The van der Waals surface area contributed by atoms with Gasteiger partial charge in [-0.2, -0.15) is 4.98 Å². The Balaban J connectivity index is 1.94. The molecule has 1 aromatic rings. The van der Waals surface area contributed by atoms with Crippen LogP contribution in [0.5, 0.6) is 5.88 Å². The van der Waals surface area contributed by atoms with Crippen molar-refractivity contribution < 1.29 is 4.74 Å². The zero-order valence-electron chi connectivity index (χ0n) is 9.07. The highest BCUT2D eigenvalue weighted by atomic mass is 16.5. The van der Waals surface area contributed by atoms with Gasteiger partial charge in [-0.3, -0.25) is 0 Å². The maximum absolute atomic E-state index is 5.67. The van der Waals surface area contributed by atoms with Crippen molar-refractivity contribution in [1.82, 2.24) is 9.97 Å². The monoisotopic (exact) mass is 207 g/mol. The molecular weight excluding hydrogens is 190 g/mol. The summed E-state index contributed by atoms with van der Waals surface area (Å²) in [6.07, 6.45) is 6.92. The molecule has 0 atom stereocenters. The number of aromatic nitrogens is 2. The van der Waals surface area contributed by atoms with Gasteiger partial charge in [0.05, 0.1) is 6.61 Å². The van der Waals surface area contributed by atoms with Gasteiger partial charge >= 0.3 is 0 Å². The van der Waals surface area contributed by atoms with Crippen LogP contribution >= 0.6 is 0 Å². The summed E-state index contributed by atoms with van der Waals surface area (Å²) in [7, 11) is 0. The molecule has 0 spiro atoms. The van der Waals surface area contributed by atoms with E-state index in [9.17, 15) is 0 Å². The molecule has 0 radical (unpaired) electrons. The minimum Gasteiger partial charge on any atom is -0.477 e. The van der Waals surface area contributed by atoms with Gasteiger partial charge in [0.2, 0.25) is 11.8 Å². The number of aryl methyl sites for hydroxylation is 1. The fraction of sp³-hybridized carbons (Fsp3) is 0.636. The third-order valence-corrected chi connectivity index (χ3v) is 2.87. The highest BCUT2D eigenvalue weighted by molar-refractivity contribution is 5.28. The van der Waals surface area contributed by atoms with Crippen molar-refractivity contribution in [3.8, 4) is 5.88 Å². The van der Waals surface area contributed by atoms with E-state index < -0.39 is 0 Å². The van der Waals surface area contributed by atoms with Gasteiger partial charge in [-0.25, -0.2) is 4.98 Å². The fourth-order valence-electron chi connectivity index (χ4n) is 1.96. The van der Waals surface area contributed by atoms with Crippen LogP contribution in [0.25, 0.3) is 0 Å². The van der Waals surface area contributed by atoms with Crippen molar-refractivity contribution in [3.05, 3.63) is 11.8 Å². The number of nitrogens with zero attached hydrogens (tertiary/aromatic N) is 2. The Morgan fingerprint density at radius 2 is 2.20 bits per heavy atom. The number of ether oxygens (including phenoxy) is 1. The van der Waals surface area contributed by atoms with Crippen LogP contribution in [-0.4, -0.2) is 16.6 Å². The van der Waals surface area contributed by atoms with E-state index in [1.807, 2.05) is 6.92 Å². The van der Waals surface area contributed by atoms with Crippen molar-refractivity contribution in [2.45, 2.75) is 32.6 Å². The molecule has 1 aromatic heterocycles. The summed E-state index contributed by atoms with van der Waals surface area (Å²) in [4.78, 5) is 7.98. The number of anilines is 1. The van der Waals surface area contributed by atoms with Crippen LogP contribution < -0.4 is 10.5 Å². The molecule has 1 aliphatic rings. The number of nitrogens with two attached hydrogens (primary N) is 1. The first kappa shape index (κ1) is 10.2. The van der Waals surface area contributed by atoms with Crippen LogP contribution in [0.2, 0.25) is 0 Å². The predicted molar refractivity (Wildman–Crippen MR) is 58.6 cm³/mol. The SMILES string of the molecule is Cc1cnc(N)nc1OCC1CCCC1. The Hall–Kier alpha value is -1.32. The zero-order valence-corrected chi connectivity index (χ0v) is 9.07. The molecule has 1 heterocycles. The van der Waals surface area contributed by atoms with Gasteiger partial charge in [-0.1, -0.05) is 12.8 Å². The lowest BCUT2D eigenvalue weighted by molar-refractivity contribution is 0.242. The molecule has 1 saturated carbocycles. The van der Waals surface area contributed by atoms with Crippen LogP contribution in [0.4, 0.5) is 5.95 Å². The van der Waals surface area contributed by atoms with E-state index in [1.54, 1.807) is 6.20 Å². The summed E-state index contributed by atoms with van der Waals surface area (Å²) < 4.78 is 5.67. The molecule has 15 heavy (non-hydrogen) atoms. The minimum atomic E-state index is 0.280. The van der Waals surface area contributed by atoms with E-state index in [1.165, 1.54) is 25.7 Å². The highest BCUT2D eigenvalue weighted by Crippen LogP contribution is 2.25. The van der Waals surface area contributed by atoms with E-state index >= 15 is 0 Å². The van der Waals surface area contributed by atoms with E-state index in [4.69, 9.17) is 10.5 Å². The van der Waals surface area contributed by atoms with E-state index in [-0.39, 0.29) is 5.95 Å². The molecule has 0 unspecified atom stereocenters.